The number of carbonyl (C=O) groups is 9. The number of fused-ring (bicyclic) bond motifs is 1. The molecule has 0 radical (unpaired) electrons. The number of amides is 2. The summed E-state index contributed by atoms with van der Waals surface area (Å²) >= 11 is 0. The number of nitrogens with zero attached hydrogens (tertiary/aromatic N) is 1. The summed E-state index contributed by atoms with van der Waals surface area (Å²) in [6.07, 6.45) is -47.5. The molecule has 726 valence electrons. The van der Waals surface area contributed by atoms with Crippen LogP contribution in [0.3, 0.4) is 0 Å². The number of hydrogen-bond donors (Lipinski definition) is 0. The van der Waals surface area contributed by atoms with Crippen molar-refractivity contribution < 1.29 is 204 Å². The number of imide groups is 1. The molecule has 0 saturated carbocycles. The Morgan fingerprint density at radius 2 is 0.543 bits per heavy atom. The molecule has 8 aliphatic rings. The maximum Gasteiger partial charge on any atom is 0.303 e. The van der Waals surface area contributed by atoms with Crippen LogP contribution in [-0.2, 0) is 201 Å². The second kappa shape index (κ2) is 49.2. The quantitative estimate of drug-likeness (QED) is 0.0504. The zero-order chi connectivity index (χ0) is 93.8. The van der Waals surface area contributed by atoms with Crippen LogP contribution in [0.5, 0.6) is 0 Å². The summed E-state index contributed by atoms with van der Waals surface area (Å²) in [5, 5.41) is 0. The lowest BCUT2D eigenvalue weighted by Crippen LogP contribution is -2.70. The summed E-state index contributed by atoms with van der Waals surface area (Å²) in [5.41, 5.74) is 1.01. The highest BCUT2D eigenvalue weighted by molar-refractivity contribution is 6.21. The SMILES string of the molecule is COCC1O[C@@H](O[C@H]2C(OC)C(OC)[C@@H](O[C@H]3C(OC)C(OC)[C@@H](O[C@H]4C(COCc5ccccc5)O[C@@H](C)C(OC)[C@H]4OC)O[C@@H]3COC)O[C@@H]2COC)C(OC)[C@@H](OC)[C@H]1O[C@@H]1OC(CN2C(=O)c3ccccc3C2=O)[C@H](O[C@H]2OC(COC(C)=O)[C@@H](O[C@H]3OC(COC(C)=O)[C@@H](OC(C)=O)C(OC(C)=O)C3OC(C)=O)C(OC(C)=O)C2OC(C)=O)[C@H](OC)C1OC. The molecule has 7 fully saturated rings. The third-order valence-electron chi connectivity index (χ3n) is 22.9. The molecule has 2 amide bonds. The molecule has 44 heteroatoms. The van der Waals surface area contributed by atoms with Gasteiger partial charge in [-0.3, -0.25) is 48.1 Å². The lowest BCUT2D eigenvalue weighted by molar-refractivity contribution is -0.401. The molecule has 2 aromatic rings. The van der Waals surface area contributed by atoms with E-state index in [0.29, 0.717) is 6.61 Å². The van der Waals surface area contributed by atoms with Gasteiger partial charge in [0.2, 0.25) is 0 Å². The van der Waals surface area contributed by atoms with E-state index < -0.39 is 288 Å². The average molecular weight is 1850 g/mol. The van der Waals surface area contributed by atoms with Crippen LogP contribution in [0.25, 0.3) is 0 Å². The van der Waals surface area contributed by atoms with Gasteiger partial charge in [-0.2, -0.15) is 0 Å². The minimum atomic E-state index is -2.06. The molecule has 7 saturated heterocycles. The lowest BCUT2D eigenvalue weighted by Gasteiger charge is -2.52. The van der Waals surface area contributed by atoms with Gasteiger partial charge in [-0.1, -0.05) is 42.5 Å². The van der Waals surface area contributed by atoms with Crippen molar-refractivity contribution in [2.45, 2.75) is 277 Å². The highest BCUT2D eigenvalue weighted by Gasteiger charge is 2.63. The first-order chi connectivity index (χ1) is 61.9. The number of ether oxygens (including phenoxy) is 34. The van der Waals surface area contributed by atoms with Crippen LogP contribution < -0.4 is 0 Å². The molecule has 0 bridgehead atoms. The first-order valence-corrected chi connectivity index (χ1v) is 41.9. The van der Waals surface area contributed by atoms with E-state index >= 15 is 0 Å². The average Bonchev–Trinajstić information content (AvgIpc) is 1.00. The molecule has 0 aromatic heterocycles. The van der Waals surface area contributed by atoms with E-state index in [1.165, 1.54) is 90.3 Å². The number of esters is 7. The maximum absolute atomic E-state index is 14.6. The fourth-order valence-electron chi connectivity index (χ4n) is 17.5. The first kappa shape index (κ1) is 104. The molecule has 8 heterocycles. The van der Waals surface area contributed by atoms with Gasteiger partial charge >= 0.3 is 41.8 Å². The Morgan fingerprint density at radius 1 is 0.279 bits per heavy atom. The smallest absolute Gasteiger partial charge is 0.303 e. The van der Waals surface area contributed by atoms with Gasteiger partial charge in [-0.25, -0.2) is 0 Å². The Labute approximate surface area is 746 Å². The minimum absolute atomic E-state index is 0.0300. The summed E-state index contributed by atoms with van der Waals surface area (Å²) in [6.45, 7) is 6.63. The van der Waals surface area contributed by atoms with Gasteiger partial charge < -0.3 is 161 Å². The highest BCUT2D eigenvalue weighted by Crippen LogP contribution is 2.44. The van der Waals surface area contributed by atoms with E-state index in [1.54, 1.807) is 26.4 Å². The van der Waals surface area contributed by atoms with Crippen LogP contribution in [-0.4, -0.2) is 412 Å². The van der Waals surface area contributed by atoms with Crippen molar-refractivity contribution in [2.24, 2.45) is 0 Å². The zero-order valence-electron chi connectivity index (χ0n) is 76.1. The number of carbonyl (C=O) groups excluding carboxylic acids is 9. The lowest BCUT2D eigenvalue weighted by atomic mass is 9.94. The minimum Gasteiger partial charge on any atom is -0.463 e. The van der Waals surface area contributed by atoms with Gasteiger partial charge in [0.25, 0.3) is 11.8 Å². The summed E-state index contributed by atoms with van der Waals surface area (Å²) in [5.74, 6) is -8.39. The number of hydrogen-bond acceptors (Lipinski definition) is 43. The van der Waals surface area contributed by atoms with Crippen molar-refractivity contribution >= 4 is 53.6 Å². The van der Waals surface area contributed by atoms with Gasteiger partial charge in [0.1, 0.15) is 154 Å². The summed E-state index contributed by atoms with van der Waals surface area (Å²) in [6, 6.07) is 15.7. The predicted octanol–water partition coefficient (Wildman–Crippen LogP) is 0.821. The summed E-state index contributed by atoms with van der Waals surface area (Å²) < 4.78 is 215. The van der Waals surface area contributed by atoms with Crippen molar-refractivity contribution in [3.8, 4) is 0 Å². The van der Waals surface area contributed by atoms with Crippen LogP contribution in [0, 0.1) is 0 Å². The second-order valence-corrected chi connectivity index (χ2v) is 31.4. The van der Waals surface area contributed by atoms with Crippen LogP contribution >= 0.6 is 0 Å². The monoisotopic (exact) mass is 1850 g/mol. The molecule has 0 N–H and O–H groups in total. The number of rotatable bonds is 43. The molecular weight excluding hydrogens is 1720 g/mol. The molecule has 129 heavy (non-hydrogen) atoms. The van der Waals surface area contributed by atoms with Crippen molar-refractivity contribution in [1.29, 1.82) is 0 Å². The normalized spacial score (nSPS) is 37.1. The fourth-order valence-corrected chi connectivity index (χ4v) is 17.5. The van der Waals surface area contributed by atoms with Gasteiger partial charge in [-0.15, -0.1) is 0 Å². The van der Waals surface area contributed by atoms with E-state index in [4.69, 9.17) is 161 Å². The Morgan fingerprint density at radius 3 is 0.868 bits per heavy atom. The van der Waals surface area contributed by atoms with Crippen molar-refractivity contribution in [2.75, 3.05) is 139 Å². The van der Waals surface area contributed by atoms with E-state index in [9.17, 15) is 43.2 Å². The van der Waals surface area contributed by atoms with Gasteiger partial charge in [0, 0.05) is 141 Å². The second-order valence-electron chi connectivity index (χ2n) is 31.4. The Hall–Kier alpha value is -7.21. The van der Waals surface area contributed by atoms with E-state index in [1.807, 2.05) is 37.3 Å². The molecule has 44 nitrogen and oxygen atoms in total. The predicted molar refractivity (Wildman–Crippen MR) is 428 cm³/mol. The van der Waals surface area contributed by atoms with Crippen molar-refractivity contribution in [3.63, 3.8) is 0 Å². The number of methoxy groups -OCH3 is 13. The highest BCUT2D eigenvalue weighted by atomic mass is 16.8. The summed E-state index contributed by atoms with van der Waals surface area (Å²) in [7, 11) is 18.6. The third-order valence-corrected chi connectivity index (χ3v) is 22.9. The third kappa shape index (κ3) is 25.1. The summed E-state index contributed by atoms with van der Waals surface area (Å²) in [4.78, 5) is 122. The zero-order valence-corrected chi connectivity index (χ0v) is 76.1. The Kier molecular flexibility index (Phi) is 39.6. The maximum atomic E-state index is 14.6. The Bertz CT molecular complexity index is 3890. The topological polar surface area (TPSA) is 471 Å². The molecule has 35 atom stereocenters. The first-order valence-electron chi connectivity index (χ1n) is 41.9. The number of benzene rings is 2. The molecular formula is C85H123NO43. The van der Waals surface area contributed by atoms with Crippen molar-refractivity contribution in [3.05, 3.63) is 71.3 Å². The Balaban J connectivity index is 0.944. The van der Waals surface area contributed by atoms with Crippen LogP contribution in [0.1, 0.15) is 81.7 Å². The fraction of sp³-hybridized carbons (Fsp3) is 0.753. The van der Waals surface area contributed by atoms with Crippen molar-refractivity contribution in [1.82, 2.24) is 4.90 Å². The van der Waals surface area contributed by atoms with Crippen LogP contribution in [0.15, 0.2) is 54.6 Å². The molecule has 16 unspecified atom stereocenters. The van der Waals surface area contributed by atoms with E-state index in [0.717, 1.165) is 58.9 Å². The molecule has 2 aromatic carbocycles. The van der Waals surface area contributed by atoms with E-state index in [-0.39, 0.29) is 37.6 Å². The van der Waals surface area contributed by atoms with Gasteiger partial charge in [0.15, 0.2) is 68.3 Å². The van der Waals surface area contributed by atoms with Gasteiger partial charge in [0.05, 0.1) is 56.8 Å². The van der Waals surface area contributed by atoms with Crippen LogP contribution in [0.2, 0.25) is 0 Å². The van der Waals surface area contributed by atoms with E-state index in [2.05, 4.69) is 0 Å². The van der Waals surface area contributed by atoms with Gasteiger partial charge in [-0.05, 0) is 24.6 Å². The molecule has 8 aliphatic heterocycles. The largest absolute Gasteiger partial charge is 0.463 e. The standard InChI is InChI=1S/C85H123NO43/c1-39-57(99-12)65(100-13)62(54(112-39)36-109-32-47-27-23-22-24-28-47)128-83-75(108-21)69(104-17)61(53(121-83)35-98-11)127-82-74(107-20)68(103-16)60(52(120-82)34-97-10)126-81-73(106-19)67(102-15)59(51(119-81)33-96-9)125-80-72(105-18)66(101-14)58(50(118-80)31-86-78(94)48-29-25-26-30-49(48)79(86)95)124-84-77(117-46(8)93)71(115-44(6)91)64(56(123-84)38-111-41(3)88)129-85-76(116-45(7)92)70(114-43(5)90)63(113-42(4)89)55(122-85)37-110-40(2)87/h22-30,39,50-77,80-85H,31-38H2,1-21H3/t39-,50?,51?,52+,53+,54?,55?,56?,57?,58-,59-,60+,61+,62-,63+,64+,65+,66-,67-,68?,69?,70?,71?,72?,73?,74?,75?,76?,77?,80-,81-,82+,83+,84+,85+/m0/s1. The molecule has 0 aliphatic carbocycles. The van der Waals surface area contributed by atoms with Crippen LogP contribution in [0.4, 0.5) is 0 Å². The molecule has 0 spiro atoms. The molecule has 10 rings (SSSR count).